The van der Waals surface area contributed by atoms with Crippen LogP contribution in [0.4, 0.5) is 0 Å². The van der Waals surface area contributed by atoms with Crippen LogP contribution in [0.2, 0.25) is 0 Å². The van der Waals surface area contributed by atoms with Gasteiger partial charge in [-0.05, 0) is 20.8 Å². The molecule has 6 nitrogen and oxygen atoms in total. The molecule has 0 radical (unpaired) electrons. The molecule has 0 saturated heterocycles. The van der Waals surface area contributed by atoms with E-state index < -0.39 is 21.4 Å². The molecule has 0 aromatic rings. The number of amidine groups is 1. The number of nitrogens with two attached hydrogens (primary N) is 2. The third-order valence-corrected chi connectivity index (χ3v) is 2.95. The van der Waals surface area contributed by atoms with Gasteiger partial charge in [-0.15, -0.1) is 0 Å². The number of hydrogen-bond acceptors (Lipinski definition) is 4. The lowest BCUT2D eigenvalue weighted by molar-refractivity contribution is 0.0453. The summed E-state index contributed by atoms with van der Waals surface area (Å²) in [5.41, 5.74) is 5.22. The fourth-order valence-electron chi connectivity index (χ4n) is 0.902. The number of nitrogens with one attached hydrogen (secondary N) is 1. The molecule has 0 saturated carbocycles. The first-order chi connectivity index (χ1) is 6.16. The summed E-state index contributed by atoms with van der Waals surface area (Å²) in [4.78, 5) is 0. The fraction of sp³-hybridized carbons (Fsp3) is 0.857. The number of sulfonamides is 1. The molecule has 0 aliphatic carbocycles. The first-order valence-corrected chi connectivity index (χ1v) is 5.78. The van der Waals surface area contributed by atoms with Crippen LogP contribution in [-0.4, -0.2) is 31.7 Å². The van der Waals surface area contributed by atoms with Crippen molar-refractivity contribution in [2.45, 2.75) is 38.2 Å². The van der Waals surface area contributed by atoms with Gasteiger partial charge in [-0.25, -0.2) is 13.6 Å². The molecule has 14 heavy (non-hydrogen) atoms. The summed E-state index contributed by atoms with van der Waals surface area (Å²) in [7, 11) is -3.74. The second-order valence-corrected chi connectivity index (χ2v) is 5.28. The van der Waals surface area contributed by atoms with Crippen molar-refractivity contribution in [1.29, 1.82) is 5.41 Å². The summed E-state index contributed by atoms with van der Waals surface area (Å²) in [6.07, 6.45) is -1.20. The number of hydrogen-bond donors (Lipinski definition) is 3. The number of rotatable bonds is 5. The van der Waals surface area contributed by atoms with Gasteiger partial charge in [0.25, 0.3) is 0 Å². The van der Waals surface area contributed by atoms with Crippen LogP contribution in [0, 0.1) is 5.41 Å². The van der Waals surface area contributed by atoms with Gasteiger partial charge in [0.05, 0.1) is 6.10 Å². The molecule has 5 N–H and O–H groups in total. The van der Waals surface area contributed by atoms with Gasteiger partial charge in [-0.2, -0.15) is 0 Å². The SMILES string of the molecule is CC(C)O[C@@H](C(=N)N)[C@H](C)S(N)(=O)=O. The lowest BCUT2D eigenvalue weighted by atomic mass is 10.2. The second-order valence-electron chi connectivity index (χ2n) is 3.35. The van der Waals surface area contributed by atoms with E-state index >= 15 is 0 Å². The van der Waals surface area contributed by atoms with Gasteiger partial charge in [0.2, 0.25) is 10.0 Å². The molecule has 0 aliphatic heterocycles. The van der Waals surface area contributed by atoms with Gasteiger partial charge in [0.15, 0.2) is 0 Å². The zero-order valence-electron chi connectivity index (χ0n) is 8.52. The van der Waals surface area contributed by atoms with E-state index in [0.29, 0.717) is 0 Å². The summed E-state index contributed by atoms with van der Waals surface area (Å²) in [6.45, 7) is 4.82. The van der Waals surface area contributed by atoms with Crippen LogP contribution >= 0.6 is 0 Å². The van der Waals surface area contributed by atoms with Crippen molar-refractivity contribution in [2.24, 2.45) is 10.9 Å². The van der Waals surface area contributed by atoms with Gasteiger partial charge in [-0.1, -0.05) is 0 Å². The summed E-state index contributed by atoms with van der Waals surface area (Å²) in [5, 5.41) is 11.1. The van der Waals surface area contributed by atoms with Gasteiger partial charge >= 0.3 is 0 Å². The minimum absolute atomic E-state index is 0.215. The van der Waals surface area contributed by atoms with Crippen LogP contribution in [0.15, 0.2) is 0 Å². The van der Waals surface area contributed by atoms with Crippen molar-refractivity contribution in [1.82, 2.24) is 0 Å². The normalized spacial score (nSPS) is 16.6. The smallest absolute Gasteiger partial charge is 0.214 e. The molecule has 0 aromatic heterocycles. The van der Waals surface area contributed by atoms with E-state index in [1.54, 1.807) is 13.8 Å². The standard InChI is InChI=1S/C7H17N3O3S/c1-4(2)13-6(7(8)9)5(3)14(10,11)12/h4-6H,1-3H3,(H3,8,9)(H2,10,11,12)/t5-,6+/m0/s1. The molecular weight excluding hydrogens is 206 g/mol. The largest absolute Gasteiger partial charge is 0.385 e. The van der Waals surface area contributed by atoms with Crippen LogP contribution in [0.1, 0.15) is 20.8 Å². The maximum Gasteiger partial charge on any atom is 0.214 e. The molecule has 0 rings (SSSR count). The Balaban J connectivity index is 4.76. The fourth-order valence-corrected chi connectivity index (χ4v) is 1.46. The topological polar surface area (TPSA) is 119 Å². The Kier molecular flexibility index (Phi) is 4.50. The van der Waals surface area contributed by atoms with Gasteiger partial charge < -0.3 is 10.5 Å². The average molecular weight is 223 g/mol. The summed E-state index contributed by atoms with van der Waals surface area (Å²) >= 11 is 0. The maximum atomic E-state index is 11.0. The van der Waals surface area contributed by atoms with Crippen molar-refractivity contribution < 1.29 is 13.2 Å². The molecule has 0 heterocycles. The first-order valence-electron chi connectivity index (χ1n) is 4.17. The third-order valence-electron chi connectivity index (χ3n) is 1.67. The summed E-state index contributed by atoms with van der Waals surface area (Å²) in [5.74, 6) is -0.333. The van der Waals surface area contributed by atoms with E-state index in [1.807, 2.05) is 0 Å². The molecule has 2 atom stereocenters. The molecule has 0 spiro atoms. The Morgan fingerprint density at radius 2 is 1.79 bits per heavy atom. The van der Waals surface area contributed by atoms with Crippen molar-refractivity contribution in [3.63, 3.8) is 0 Å². The molecule has 0 unspecified atom stereocenters. The minimum atomic E-state index is -3.74. The molecule has 84 valence electrons. The number of primary sulfonamides is 1. The molecule has 0 aliphatic rings. The van der Waals surface area contributed by atoms with E-state index in [1.165, 1.54) is 6.92 Å². The van der Waals surface area contributed by atoms with Crippen molar-refractivity contribution in [3.8, 4) is 0 Å². The van der Waals surface area contributed by atoms with E-state index in [0.717, 1.165) is 0 Å². The monoisotopic (exact) mass is 223 g/mol. The highest BCUT2D eigenvalue weighted by Gasteiger charge is 2.30. The van der Waals surface area contributed by atoms with Crippen molar-refractivity contribution in [3.05, 3.63) is 0 Å². The zero-order chi connectivity index (χ0) is 11.5. The first kappa shape index (κ1) is 13.3. The third kappa shape index (κ3) is 4.03. The van der Waals surface area contributed by atoms with E-state index in [4.69, 9.17) is 21.0 Å². The van der Waals surface area contributed by atoms with E-state index in [2.05, 4.69) is 0 Å². The number of ether oxygens (including phenoxy) is 1. The van der Waals surface area contributed by atoms with Crippen molar-refractivity contribution in [2.75, 3.05) is 0 Å². The molecular formula is C7H17N3O3S. The van der Waals surface area contributed by atoms with E-state index in [9.17, 15) is 8.42 Å². The average Bonchev–Trinajstić information content (AvgIpc) is 1.96. The molecule has 0 fully saturated rings. The quantitative estimate of drug-likeness (QED) is 0.425. The highest BCUT2D eigenvalue weighted by atomic mass is 32.2. The van der Waals surface area contributed by atoms with Crippen LogP contribution in [0.25, 0.3) is 0 Å². The molecule has 0 amide bonds. The molecule has 0 bridgehead atoms. The van der Waals surface area contributed by atoms with Crippen LogP contribution in [-0.2, 0) is 14.8 Å². The molecule has 7 heteroatoms. The lowest BCUT2D eigenvalue weighted by Gasteiger charge is -2.23. The second kappa shape index (κ2) is 4.72. The van der Waals surface area contributed by atoms with Crippen LogP contribution in [0.5, 0.6) is 0 Å². The predicted molar refractivity (Wildman–Crippen MR) is 54.5 cm³/mol. The highest BCUT2D eigenvalue weighted by molar-refractivity contribution is 7.89. The zero-order valence-corrected chi connectivity index (χ0v) is 9.34. The van der Waals surface area contributed by atoms with Gasteiger partial charge in [0.1, 0.15) is 17.2 Å². The predicted octanol–water partition coefficient (Wildman–Crippen LogP) is -0.607. The Morgan fingerprint density at radius 3 is 2.00 bits per heavy atom. The minimum Gasteiger partial charge on any atom is -0.385 e. The highest BCUT2D eigenvalue weighted by Crippen LogP contribution is 2.09. The van der Waals surface area contributed by atoms with Crippen LogP contribution in [0.3, 0.4) is 0 Å². The summed E-state index contributed by atoms with van der Waals surface area (Å²) < 4.78 is 27.2. The lowest BCUT2D eigenvalue weighted by Crippen LogP contribution is -2.46. The van der Waals surface area contributed by atoms with Crippen LogP contribution < -0.4 is 10.9 Å². The van der Waals surface area contributed by atoms with Gasteiger partial charge in [-0.3, -0.25) is 5.41 Å². The Bertz CT molecular complexity index is 299. The Hall–Kier alpha value is -0.660. The Morgan fingerprint density at radius 1 is 1.36 bits per heavy atom. The maximum absolute atomic E-state index is 11.0. The summed E-state index contributed by atoms with van der Waals surface area (Å²) in [6, 6.07) is 0. The van der Waals surface area contributed by atoms with Crippen molar-refractivity contribution >= 4 is 15.9 Å². The van der Waals surface area contributed by atoms with Gasteiger partial charge in [0, 0.05) is 0 Å². The molecule has 0 aromatic carbocycles. The van der Waals surface area contributed by atoms with E-state index in [-0.39, 0.29) is 11.9 Å². The Labute approximate surface area is 84.2 Å².